The molecule has 0 aromatic heterocycles. The Balaban J connectivity index is 2.47. The Bertz CT molecular complexity index is 473. The van der Waals surface area contributed by atoms with Gasteiger partial charge in [-0.1, -0.05) is 6.92 Å². The molecule has 0 amide bonds. The van der Waals surface area contributed by atoms with Crippen LogP contribution in [0, 0.1) is 5.92 Å². The van der Waals surface area contributed by atoms with Gasteiger partial charge in [-0.25, -0.2) is 4.99 Å². The number of piperidine rings is 1. The second-order valence-electron chi connectivity index (χ2n) is 5.23. The van der Waals surface area contributed by atoms with Crippen molar-refractivity contribution in [2.24, 2.45) is 10.9 Å². The van der Waals surface area contributed by atoms with E-state index in [4.69, 9.17) is 0 Å². The molecule has 110 valence electrons. The number of amidine groups is 1. The van der Waals surface area contributed by atoms with Gasteiger partial charge in [0.2, 0.25) is 0 Å². The first kappa shape index (κ1) is 15.2. The molecule has 1 atom stereocenters. The van der Waals surface area contributed by atoms with E-state index in [2.05, 4.69) is 11.9 Å². The lowest BCUT2D eigenvalue weighted by Gasteiger charge is -2.43. The van der Waals surface area contributed by atoms with Gasteiger partial charge in [-0.3, -0.25) is 9.13 Å². The van der Waals surface area contributed by atoms with Gasteiger partial charge in [0.1, 0.15) is 5.84 Å². The van der Waals surface area contributed by atoms with Crippen LogP contribution in [0.2, 0.25) is 0 Å². The fraction of sp³-hybridized carbons (Fsp3) is 0.889. The normalized spacial score (nSPS) is 27.7. The number of hydrogen-bond donors (Lipinski definition) is 4. The second-order valence-corrected chi connectivity index (χ2v) is 9.24. The van der Waals surface area contributed by atoms with Gasteiger partial charge >= 0.3 is 15.2 Å². The highest BCUT2D eigenvalue weighted by Crippen LogP contribution is 2.72. The average molecular weight is 312 g/mol. The maximum absolute atomic E-state index is 11.6. The highest BCUT2D eigenvalue weighted by Gasteiger charge is 2.62. The minimum atomic E-state index is -5.05. The Kier molecular flexibility index (Phi) is 3.71. The summed E-state index contributed by atoms with van der Waals surface area (Å²) in [6.45, 7) is 2.97. The molecule has 2 aliphatic rings. The van der Waals surface area contributed by atoms with Crippen molar-refractivity contribution in [2.75, 3.05) is 13.1 Å². The zero-order valence-corrected chi connectivity index (χ0v) is 12.3. The molecule has 10 heteroatoms. The van der Waals surface area contributed by atoms with Crippen molar-refractivity contribution in [2.45, 2.75) is 31.2 Å². The molecule has 4 N–H and O–H groups in total. The number of hydrogen-bond acceptors (Lipinski definition) is 4. The molecule has 0 spiro atoms. The van der Waals surface area contributed by atoms with E-state index in [0.717, 1.165) is 6.42 Å². The summed E-state index contributed by atoms with van der Waals surface area (Å²) < 4.78 is 23.1. The third-order valence-corrected chi connectivity index (χ3v) is 7.79. The maximum atomic E-state index is 11.6. The molecule has 1 fully saturated rings. The maximum Gasteiger partial charge on any atom is 0.365 e. The average Bonchev–Trinajstić information content (AvgIpc) is 2.25. The number of fused-ring (bicyclic) bond motifs is 1. The highest BCUT2D eigenvalue weighted by molar-refractivity contribution is 7.72. The fourth-order valence-electron chi connectivity index (χ4n) is 2.59. The standard InChI is InChI=1S/C9H18N2O6P2/c1-7-2-3-8-10-9(18(12,13)14,19(15,16)17)4-5-11(8)6-7/h7H,2-6H2,1H3,(H2,12,13,14)(H2,15,16,17). The van der Waals surface area contributed by atoms with Crippen LogP contribution in [0.1, 0.15) is 26.2 Å². The zero-order chi connectivity index (χ0) is 14.5. The fourth-order valence-corrected chi connectivity index (χ4v) is 5.22. The van der Waals surface area contributed by atoms with E-state index in [-0.39, 0.29) is 13.0 Å². The minimum absolute atomic E-state index is 0.208. The van der Waals surface area contributed by atoms with Crippen LogP contribution in [0.15, 0.2) is 4.99 Å². The van der Waals surface area contributed by atoms with Gasteiger partial charge in [0, 0.05) is 25.9 Å². The van der Waals surface area contributed by atoms with Crippen LogP contribution < -0.4 is 0 Å². The van der Waals surface area contributed by atoms with Gasteiger partial charge < -0.3 is 24.5 Å². The molecule has 2 rings (SSSR count). The molecule has 0 aliphatic carbocycles. The molecule has 1 unspecified atom stereocenters. The predicted octanol–water partition coefficient (Wildman–Crippen LogP) is 0.530. The van der Waals surface area contributed by atoms with E-state index in [1.54, 1.807) is 0 Å². The van der Waals surface area contributed by atoms with Gasteiger partial charge in [0.15, 0.2) is 0 Å². The van der Waals surface area contributed by atoms with Crippen molar-refractivity contribution in [3.63, 3.8) is 0 Å². The molecule has 0 bridgehead atoms. The topological polar surface area (TPSA) is 131 Å². The van der Waals surface area contributed by atoms with Crippen molar-refractivity contribution in [3.05, 3.63) is 0 Å². The summed E-state index contributed by atoms with van der Waals surface area (Å²) in [6, 6.07) is 0. The van der Waals surface area contributed by atoms with Crippen molar-refractivity contribution in [3.8, 4) is 0 Å². The van der Waals surface area contributed by atoms with Crippen molar-refractivity contribution < 1.29 is 28.7 Å². The summed E-state index contributed by atoms with van der Waals surface area (Å²) in [5.74, 6) is 0.840. The van der Waals surface area contributed by atoms with E-state index in [1.807, 2.05) is 4.90 Å². The number of nitrogens with zero attached hydrogens (tertiary/aromatic N) is 2. The SMILES string of the molecule is CC1CCC2=NC(P(=O)(O)O)(P(=O)(O)O)CCN2C1. The smallest absolute Gasteiger partial charge is 0.360 e. The number of aliphatic imine (C=N–C) groups is 1. The first-order valence-electron chi connectivity index (χ1n) is 6.02. The first-order valence-corrected chi connectivity index (χ1v) is 9.24. The Labute approximate surface area is 110 Å². The molecule has 2 heterocycles. The van der Waals surface area contributed by atoms with Gasteiger partial charge in [0.05, 0.1) is 0 Å². The summed E-state index contributed by atoms with van der Waals surface area (Å²) in [6.07, 6.45) is 0.953. The van der Waals surface area contributed by atoms with Gasteiger partial charge in [-0.05, 0) is 12.3 Å². The van der Waals surface area contributed by atoms with Crippen LogP contribution in [0.4, 0.5) is 0 Å². The summed E-state index contributed by atoms with van der Waals surface area (Å²) in [5, 5.41) is -2.59. The molecule has 0 aromatic rings. The van der Waals surface area contributed by atoms with E-state index in [9.17, 15) is 28.7 Å². The van der Waals surface area contributed by atoms with Crippen molar-refractivity contribution in [1.29, 1.82) is 0 Å². The molecule has 0 saturated carbocycles. The predicted molar refractivity (Wildman–Crippen MR) is 68.8 cm³/mol. The van der Waals surface area contributed by atoms with Crippen LogP contribution in [0.3, 0.4) is 0 Å². The molecule has 19 heavy (non-hydrogen) atoms. The lowest BCUT2D eigenvalue weighted by Crippen LogP contribution is -2.48. The van der Waals surface area contributed by atoms with Crippen LogP contribution in [-0.4, -0.2) is 48.4 Å². The van der Waals surface area contributed by atoms with Crippen LogP contribution in [0.5, 0.6) is 0 Å². The molecule has 0 aromatic carbocycles. The summed E-state index contributed by atoms with van der Waals surface area (Å²) in [7, 11) is -10.1. The van der Waals surface area contributed by atoms with Crippen LogP contribution >= 0.6 is 15.2 Å². The van der Waals surface area contributed by atoms with E-state index < -0.39 is 20.2 Å². The Morgan fingerprint density at radius 1 is 1.26 bits per heavy atom. The van der Waals surface area contributed by atoms with Crippen molar-refractivity contribution >= 4 is 21.0 Å². The lowest BCUT2D eigenvalue weighted by atomic mass is 9.98. The molecule has 8 nitrogen and oxygen atoms in total. The van der Waals surface area contributed by atoms with Crippen molar-refractivity contribution in [1.82, 2.24) is 4.90 Å². The molecular formula is C9H18N2O6P2. The van der Waals surface area contributed by atoms with E-state index in [1.165, 1.54) is 0 Å². The highest BCUT2D eigenvalue weighted by atomic mass is 31.2. The third kappa shape index (κ3) is 2.53. The van der Waals surface area contributed by atoms with E-state index in [0.29, 0.717) is 24.7 Å². The summed E-state index contributed by atoms with van der Waals surface area (Å²) in [5.41, 5.74) is 0. The Morgan fingerprint density at radius 2 is 1.84 bits per heavy atom. The van der Waals surface area contributed by atoms with Crippen LogP contribution in [-0.2, 0) is 9.13 Å². The summed E-state index contributed by atoms with van der Waals surface area (Å²) >= 11 is 0. The quantitative estimate of drug-likeness (QED) is 0.547. The number of rotatable bonds is 2. The molecule has 0 radical (unpaired) electrons. The summed E-state index contributed by atoms with van der Waals surface area (Å²) in [4.78, 5) is 43.1. The minimum Gasteiger partial charge on any atom is -0.360 e. The van der Waals surface area contributed by atoms with Gasteiger partial charge in [-0.2, -0.15) is 0 Å². The molecule has 1 saturated heterocycles. The molecular weight excluding hydrogens is 294 g/mol. The third-order valence-electron chi connectivity index (χ3n) is 3.72. The molecule has 2 aliphatic heterocycles. The Hall–Kier alpha value is -0.230. The Morgan fingerprint density at radius 3 is 2.37 bits per heavy atom. The van der Waals surface area contributed by atoms with Crippen LogP contribution in [0.25, 0.3) is 0 Å². The lowest BCUT2D eigenvalue weighted by molar-refractivity contribution is 0.247. The first-order chi connectivity index (χ1) is 8.57. The van der Waals surface area contributed by atoms with Gasteiger partial charge in [0.25, 0.3) is 5.02 Å². The van der Waals surface area contributed by atoms with Gasteiger partial charge in [-0.15, -0.1) is 0 Å². The zero-order valence-electron chi connectivity index (χ0n) is 10.5. The largest absolute Gasteiger partial charge is 0.365 e. The monoisotopic (exact) mass is 312 g/mol. The second kappa shape index (κ2) is 4.65. The van der Waals surface area contributed by atoms with E-state index >= 15 is 0 Å².